The van der Waals surface area contributed by atoms with E-state index < -0.39 is 0 Å². The van der Waals surface area contributed by atoms with Crippen molar-refractivity contribution in [1.29, 1.82) is 0 Å². The predicted molar refractivity (Wildman–Crippen MR) is 114 cm³/mol. The van der Waals surface area contributed by atoms with Gasteiger partial charge in [-0.05, 0) is 36.6 Å². The third-order valence-electron chi connectivity index (χ3n) is 5.66. The molecule has 170 valence electrons. The SMILES string of the molecule is COc1ccc(-c2cccc3c2COC3=O)c(OCCOC(=O)C2CCOCC2)c1OC. The van der Waals surface area contributed by atoms with Crippen molar-refractivity contribution < 1.29 is 38.0 Å². The number of esters is 2. The summed E-state index contributed by atoms with van der Waals surface area (Å²) in [6.45, 7) is 1.59. The van der Waals surface area contributed by atoms with Crippen LogP contribution in [0.15, 0.2) is 30.3 Å². The van der Waals surface area contributed by atoms with Gasteiger partial charge in [0.2, 0.25) is 5.75 Å². The Balaban J connectivity index is 1.55. The van der Waals surface area contributed by atoms with E-state index in [1.54, 1.807) is 25.3 Å². The Morgan fingerprint density at radius 2 is 1.75 bits per heavy atom. The summed E-state index contributed by atoms with van der Waals surface area (Å²) in [6.07, 6.45) is 1.35. The van der Waals surface area contributed by atoms with Crippen molar-refractivity contribution in [2.75, 3.05) is 40.6 Å². The minimum atomic E-state index is -0.343. The van der Waals surface area contributed by atoms with Crippen LogP contribution in [0.4, 0.5) is 0 Å². The van der Waals surface area contributed by atoms with Crippen molar-refractivity contribution in [2.45, 2.75) is 19.4 Å². The van der Waals surface area contributed by atoms with E-state index in [0.29, 0.717) is 48.9 Å². The molecule has 0 saturated carbocycles. The van der Waals surface area contributed by atoms with Crippen LogP contribution in [0.1, 0.15) is 28.8 Å². The molecule has 0 bridgehead atoms. The molecule has 2 aromatic carbocycles. The maximum atomic E-state index is 12.3. The van der Waals surface area contributed by atoms with Gasteiger partial charge in [-0.3, -0.25) is 4.79 Å². The molecule has 2 aliphatic rings. The first-order valence-corrected chi connectivity index (χ1v) is 10.6. The summed E-state index contributed by atoms with van der Waals surface area (Å²) in [5.74, 6) is 0.668. The number of fused-ring (bicyclic) bond motifs is 1. The molecule has 8 nitrogen and oxygen atoms in total. The quantitative estimate of drug-likeness (QED) is 0.454. The van der Waals surface area contributed by atoms with Gasteiger partial charge in [0.15, 0.2) is 11.5 Å². The third kappa shape index (κ3) is 4.36. The average molecular weight is 442 g/mol. The minimum absolute atomic E-state index is 0.102. The molecule has 1 saturated heterocycles. The van der Waals surface area contributed by atoms with E-state index in [1.165, 1.54) is 7.11 Å². The summed E-state index contributed by atoms with van der Waals surface area (Å²) < 4.78 is 32.9. The van der Waals surface area contributed by atoms with Crippen LogP contribution in [0.3, 0.4) is 0 Å². The van der Waals surface area contributed by atoms with Crippen LogP contribution >= 0.6 is 0 Å². The van der Waals surface area contributed by atoms with Crippen LogP contribution in [-0.2, 0) is 25.6 Å². The number of hydrogen-bond acceptors (Lipinski definition) is 8. The molecule has 0 aliphatic carbocycles. The average Bonchev–Trinajstić information content (AvgIpc) is 3.22. The van der Waals surface area contributed by atoms with Gasteiger partial charge in [0, 0.05) is 24.3 Å². The van der Waals surface area contributed by atoms with Gasteiger partial charge in [-0.15, -0.1) is 0 Å². The molecule has 1 fully saturated rings. The molecule has 2 aliphatic heterocycles. The van der Waals surface area contributed by atoms with Crippen LogP contribution in [-0.4, -0.2) is 52.6 Å². The molecule has 8 heteroatoms. The van der Waals surface area contributed by atoms with E-state index in [-0.39, 0.29) is 37.7 Å². The van der Waals surface area contributed by atoms with Crippen LogP contribution in [0.2, 0.25) is 0 Å². The number of carbonyl (C=O) groups excluding carboxylic acids is 2. The number of rotatable bonds is 8. The Morgan fingerprint density at radius 3 is 2.50 bits per heavy atom. The number of ether oxygens (including phenoxy) is 6. The summed E-state index contributed by atoms with van der Waals surface area (Å²) >= 11 is 0. The first-order valence-electron chi connectivity index (χ1n) is 10.6. The first-order chi connectivity index (χ1) is 15.6. The second-order valence-corrected chi connectivity index (χ2v) is 7.49. The van der Waals surface area contributed by atoms with Gasteiger partial charge in [-0.25, -0.2) is 4.79 Å². The normalized spacial score (nSPS) is 15.6. The van der Waals surface area contributed by atoms with E-state index in [2.05, 4.69) is 0 Å². The molecule has 0 atom stereocenters. The van der Waals surface area contributed by atoms with Gasteiger partial charge >= 0.3 is 11.9 Å². The Morgan fingerprint density at radius 1 is 0.969 bits per heavy atom. The zero-order chi connectivity index (χ0) is 22.5. The molecular formula is C24H26O8. The second-order valence-electron chi connectivity index (χ2n) is 7.49. The molecule has 2 heterocycles. The van der Waals surface area contributed by atoms with Crippen molar-refractivity contribution >= 4 is 11.9 Å². The molecule has 0 amide bonds. The van der Waals surface area contributed by atoms with Crippen molar-refractivity contribution in [1.82, 2.24) is 0 Å². The van der Waals surface area contributed by atoms with Crippen LogP contribution in [0.25, 0.3) is 11.1 Å². The smallest absolute Gasteiger partial charge is 0.338 e. The summed E-state index contributed by atoms with van der Waals surface area (Å²) in [5, 5.41) is 0. The zero-order valence-corrected chi connectivity index (χ0v) is 18.2. The van der Waals surface area contributed by atoms with Crippen LogP contribution in [0, 0.1) is 5.92 Å². The Labute approximate surface area is 186 Å². The van der Waals surface area contributed by atoms with Gasteiger partial charge in [0.05, 0.1) is 25.7 Å². The standard InChI is InChI=1S/C24H26O8/c1-27-20-7-6-17(16-4-3-5-18-19(16)14-32-24(18)26)21(22(20)28-2)30-12-13-31-23(25)15-8-10-29-11-9-15/h3-7,15H,8-14H2,1-2H3. The number of carbonyl (C=O) groups is 2. The minimum Gasteiger partial charge on any atom is -0.493 e. The second kappa shape index (κ2) is 9.91. The largest absolute Gasteiger partial charge is 0.493 e. The lowest BCUT2D eigenvalue weighted by atomic mass is 9.95. The maximum Gasteiger partial charge on any atom is 0.338 e. The van der Waals surface area contributed by atoms with Crippen molar-refractivity contribution in [3.8, 4) is 28.4 Å². The highest BCUT2D eigenvalue weighted by Gasteiger charge is 2.27. The van der Waals surface area contributed by atoms with Gasteiger partial charge in [-0.2, -0.15) is 0 Å². The van der Waals surface area contributed by atoms with Gasteiger partial charge in [0.25, 0.3) is 0 Å². The van der Waals surface area contributed by atoms with E-state index in [1.807, 2.05) is 12.1 Å². The van der Waals surface area contributed by atoms with Crippen LogP contribution < -0.4 is 14.2 Å². The number of benzene rings is 2. The molecule has 4 rings (SSSR count). The van der Waals surface area contributed by atoms with E-state index in [4.69, 9.17) is 28.4 Å². The molecule has 0 aromatic heterocycles. The van der Waals surface area contributed by atoms with Crippen molar-refractivity contribution in [2.24, 2.45) is 5.92 Å². The molecule has 2 aromatic rings. The summed E-state index contributed by atoms with van der Waals surface area (Å²) in [5.41, 5.74) is 2.87. The molecular weight excluding hydrogens is 416 g/mol. The molecule has 32 heavy (non-hydrogen) atoms. The fraction of sp³-hybridized carbons (Fsp3) is 0.417. The Hall–Kier alpha value is -3.26. The summed E-state index contributed by atoms with van der Waals surface area (Å²) in [4.78, 5) is 24.3. The fourth-order valence-corrected chi connectivity index (χ4v) is 3.99. The van der Waals surface area contributed by atoms with Gasteiger partial charge in [-0.1, -0.05) is 12.1 Å². The third-order valence-corrected chi connectivity index (χ3v) is 5.66. The van der Waals surface area contributed by atoms with Crippen molar-refractivity contribution in [3.63, 3.8) is 0 Å². The predicted octanol–water partition coefficient (Wildman–Crippen LogP) is 3.39. The Bertz CT molecular complexity index is 994. The lowest BCUT2D eigenvalue weighted by Gasteiger charge is -2.21. The van der Waals surface area contributed by atoms with E-state index in [9.17, 15) is 9.59 Å². The van der Waals surface area contributed by atoms with Gasteiger partial charge in [0.1, 0.15) is 19.8 Å². The molecule has 0 spiro atoms. The van der Waals surface area contributed by atoms with E-state index >= 15 is 0 Å². The van der Waals surface area contributed by atoms with Crippen molar-refractivity contribution in [3.05, 3.63) is 41.5 Å². The highest BCUT2D eigenvalue weighted by Crippen LogP contribution is 2.46. The van der Waals surface area contributed by atoms with E-state index in [0.717, 1.165) is 16.7 Å². The molecule has 0 unspecified atom stereocenters. The number of hydrogen-bond donors (Lipinski definition) is 0. The zero-order valence-electron chi connectivity index (χ0n) is 18.2. The number of cyclic esters (lactones) is 1. The van der Waals surface area contributed by atoms with Gasteiger partial charge < -0.3 is 28.4 Å². The monoisotopic (exact) mass is 442 g/mol. The summed E-state index contributed by atoms with van der Waals surface area (Å²) in [7, 11) is 3.07. The lowest BCUT2D eigenvalue weighted by molar-refractivity contribution is -0.152. The maximum absolute atomic E-state index is 12.3. The highest BCUT2D eigenvalue weighted by atomic mass is 16.6. The lowest BCUT2D eigenvalue weighted by Crippen LogP contribution is -2.26. The molecule has 0 radical (unpaired) electrons. The topological polar surface area (TPSA) is 89.5 Å². The van der Waals surface area contributed by atoms with Crippen LogP contribution in [0.5, 0.6) is 17.2 Å². The highest BCUT2D eigenvalue weighted by molar-refractivity contribution is 5.96. The molecule has 0 N–H and O–H groups in total. The first kappa shape index (κ1) is 22.0. The fourth-order valence-electron chi connectivity index (χ4n) is 3.99. The summed E-state index contributed by atoms with van der Waals surface area (Å²) in [6, 6.07) is 9.08. The Kier molecular flexibility index (Phi) is 6.80. The number of methoxy groups -OCH3 is 2.